The van der Waals surface area contributed by atoms with Gasteiger partial charge in [-0.2, -0.15) is 0 Å². The summed E-state index contributed by atoms with van der Waals surface area (Å²) in [6.45, 7) is 3.16. The summed E-state index contributed by atoms with van der Waals surface area (Å²) in [6, 6.07) is 12.4. The van der Waals surface area contributed by atoms with Crippen LogP contribution in [0.25, 0.3) is 0 Å². The highest BCUT2D eigenvalue weighted by molar-refractivity contribution is 7.10. The Hall–Kier alpha value is -1.85. The Bertz CT molecular complexity index is 657. The van der Waals surface area contributed by atoms with Crippen molar-refractivity contribution in [2.24, 2.45) is 0 Å². The molecule has 2 unspecified atom stereocenters. The van der Waals surface area contributed by atoms with Crippen LogP contribution in [-0.4, -0.2) is 31.0 Å². The summed E-state index contributed by atoms with van der Waals surface area (Å²) < 4.78 is 5.64. The van der Waals surface area contributed by atoms with Gasteiger partial charge in [-0.1, -0.05) is 24.3 Å². The first kappa shape index (κ1) is 16.0. The highest BCUT2D eigenvalue weighted by atomic mass is 32.1. The molecule has 1 N–H and O–H groups in total. The SMILES string of the molecule is CC(c1cccs1)N(C)CC(=O)NC1CCOc2ccccc21. The minimum Gasteiger partial charge on any atom is -0.493 e. The fourth-order valence-corrected chi connectivity index (χ4v) is 3.69. The topological polar surface area (TPSA) is 41.6 Å². The number of fused-ring (bicyclic) bond motifs is 1. The number of hydrogen-bond donors (Lipinski definition) is 1. The maximum absolute atomic E-state index is 12.4. The van der Waals surface area contributed by atoms with Crippen LogP contribution in [0.4, 0.5) is 0 Å². The number of rotatable bonds is 5. The standard InChI is InChI=1S/C18H22N2O2S/c1-13(17-8-5-11-23-17)20(2)12-18(21)19-15-9-10-22-16-7-4-3-6-14(15)16/h3-8,11,13,15H,9-10,12H2,1-2H3,(H,19,21). The summed E-state index contributed by atoms with van der Waals surface area (Å²) in [5.74, 6) is 0.932. The molecule has 2 heterocycles. The van der Waals surface area contributed by atoms with Gasteiger partial charge in [0.25, 0.3) is 0 Å². The fraction of sp³-hybridized carbons (Fsp3) is 0.389. The van der Waals surface area contributed by atoms with Crippen molar-refractivity contribution in [2.75, 3.05) is 20.2 Å². The van der Waals surface area contributed by atoms with Crippen LogP contribution in [0.1, 0.15) is 35.9 Å². The minimum atomic E-state index is 0.0397. The number of para-hydroxylation sites is 1. The molecule has 0 radical (unpaired) electrons. The van der Waals surface area contributed by atoms with Gasteiger partial charge in [0, 0.05) is 22.9 Å². The molecule has 0 saturated carbocycles. The molecule has 0 fully saturated rings. The predicted molar refractivity (Wildman–Crippen MR) is 92.8 cm³/mol. The number of hydrogen-bond acceptors (Lipinski definition) is 4. The second-order valence-corrected chi connectivity index (χ2v) is 6.88. The van der Waals surface area contributed by atoms with Crippen molar-refractivity contribution >= 4 is 17.2 Å². The number of carbonyl (C=O) groups is 1. The average molecular weight is 330 g/mol. The summed E-state index contributed by atoms with van der Waals surface area (Å²) in [4.78, 5) is 15.8. The second-order valence-electron chi connectivity index (χ2n) is 5.90. The van der Waals surface area contributed by atoms with Gasteiger partial charge in [-0.05, 0) is 31.5 Å². The summed E-state index contributed by atoms with van der Waals surface area (Å²) in [7, 11) is 1.99. The summed E-state index contributed by atoms with van der Waals surface area (Å²) in [6.07, 6.45) is 0.812. The zero-order chi connectivity index (χ0) is 16.2. The van der Waals surface area contributed by atoms with E-state index in [-0.39, 0.29) is 18.0 Å². The van der Waals surface area contributed by atoms with Gasteiger partial charge in [0.15, 0.2) is 0 Å². The Balaban J connectivity index is 1.60. The van der Waals surface area contributed by atoms with Crippen LogP contribution < -0.4 is 10.1 Å². The highest BCUT2D eigenvalue weighted by Gasteiger charge is 2.23. The number of carbonyl (C=O) groups excluding carboxylic acids is 1. The lowest BCUT2D eigenvalue weighted by Gasteiger charge is -2.28. The lowest BCUT2D eigenvalue weighted by atomic mass is 10.0. The number of likely N-dealkylation sites (N-methyl/N-ethyl adjacent to an activating group) is 1. The van der Waals surface area contributed by atoms with Crippen LogP contribution in [0.2, 0.25) is 0 Å². The first-order valence-corrected chi connectivity index (χ1v) is 8.78. The van der Waals surface area contributed by atoms with Gasteiger partial charge in [0.05, 0.1) is 19.2 Å². The Morgan fingerprint density at radius 3 is 3.00 bits per heavy atom. The van der Waals surface area contributed by atoms with Crippen LogP contribution in [-0.2, 0) is 4.79 Å². The van der Waals surface area contributed by atoms with E-state index in [1.54, 1.807) is 11.3 Å². The molecule has 0 bridgehead atoms. The van der Waals surface area contributed by atoms with Crippen molar-refractivity contribution in [3.05, 3.63) is 52.2 Å². The van der Waals surface area contributed by atoms with Crippen LogP contribution in [0.15, 0.2) is 41.8 Å². The van der Waals surface area contributed by atoms with E-state index in [2.05, 4.69) is 28.6 Å². The van der Waals surface area contributed by atoms with Crippen molar-refractivity contribution in [1.29, 1.82) is 0 Å². The van der Waals surface area contributed by atoms with E-state index in [1.165, 1.54) is 4.88 Å². The molecule has 1 aliphatic heterocycles. The Labute approximate surface area is 141 Å². The Kier molecular flexibility index (Phi) is 4.98. The third-order valence-corrected chi connectivity index (χ3v) is 5.35. The third-order valence-electron chi connectivity index (χ3n) is 4.30. The van der Waals surface area contributed by atoms with Crippen LogP contribution in [0, 0.1) is 0 Å². The van der Waals surface area contributed by atoms with E-state index >= 15 is 0 Å². The Morgan fingerprint density at radius 2 is 2.22 bits per heavy atom. The largest absolute Gasteiger partial charge is 0.493 e. The zero-order valence-electron chi connectivity index (χ0n) is 13.5. The molecule has 1 aromatic heterocycles. The molecular formula is C18H22N2O2S. The van der Waals surface area contributed by atoms with E-state index in [9.17, 15) is 4.79 Å². The molecule has 1 aliphatic rings. The average Bonchev–Trinajstić information content (AvgIpc) is 3.08. The Morgan fingerprint density at radius 1 is 1.39 bits per heavy atom. The van der Waals surface area contributed by atoms with Gasteiger partial charge in [-0.3, -0.25) is 9.69 Å². The molecule has 1 amide bonds. The van der Waals surface area contributed by atoms with Gasteiger partial charge in [0.1, 0.15) is 5.75 Å². The molecule has 4 nitrogen and oxygen atoms in total. The van der Waals surface area contributed by atoms with Crippen LogP contribution in [0.5, 0.6) is 5.75 Å². The molecule has 0 saturated heterocycles. The van der Waals surface area contributed by atoms with Crippen molar-refractivity contribution < 1.29 is 9.53 Å². The van der Waals surface area contributed by atoms with E-state index in [4.69, 9.17) is 4.74 Å². The van der Waals surface area contributed by atoms with E-state index in [0.29, 0.717) is 13.2 Å². The second kappa shape index (κ2) is 7.15. The first-order chi connectivity index (χ1) is 11.1. The van der Waals surface area contributed by atoms with Crippen molar-refractivity contribution in [3.63, 3.8) is 0 Å². The monoisotopic (exact) mass is 330 g/mol. The maximum atomic E-state index is 12.4. The smallest absolute Gasteiger partial charge is 0.234 e. The number of thiophene rings is 1. The lowest BCUT2D eigenvalue weighted by Crippen LogP contribution is -2.39. The van der Waals surface area contributed by atoms with Gasteiger partial charge in [-0.25, -0.2) is 0 Å². The zero-order valence-corrected chi connectivity index (χ0v) is 14.3. The van der Waals surface area contributed by atoms with Gasteiger partial charge in [-0.15, -0.1) is 11.3 Å². The fourth-order valence-electron chi connectivity index (χ4n) is 2.84. The molecule has 122 valence electrons. The molecule has 0 spiro atoms. The van der Waals surface area contributed by atoms with Gasteiger partial charge >= 0.3 is 0 Å². The lowest BCUT2D eigenvalue weighted by molar-refractivity contribution is -0.123. The van der Waals surface area contributed by atoms with E-state index in [1.807, 2.05) is 37.4 Å². The van der Waals surface area contributed by atoms with E-state index < -0.39 is 0 Å². The third kappa shape index (κ3) is 3.74. The molecule has 1 aromatic carbocycles. The molecular weight excluding hydrogens is 308 g/mol. The highest BCUT2D eigenvalue weighted by Crippen LogP contribution is 2.31. The molecule has 23 heavy (non-hydrogen) atoms. The first-order valence-electron chi connectivity index (χ1n) is 7.90. The molecule has 2 atom stereocenters. The summed E-state index contributed by atoms with van der Waals surface area (Å²) in [5, 5.41) is 5.22. The number of ether oxygens (including phenoxy) is 1. The molecule has 2 aromatic rings. The predicted octanol–water partition coefficient (Wildman–Crippen LogP) is 3.38. The van der Waals surface area contributed by atoms with Crippen molar-refractivity contribution in [1.82, 2.24) is 10.2 Å². The van der Waals surface area contributed by atoms with Crippen LogP contribution in [0.3, 0.4) is 0 Å². The van der Waals surface area contributed by atoms with E-state index in [0.717, 1.165) is 17.7 Å². The number of nitrogens with zero attached hydrogens (tertiary/aromatic N) is 1. The van der Waals surface area contributed by atoms with Crippen molar-refractivity contribution in [2.45, 2.75) is 25.4 Å². The minimum absolute atomic E-state index is 0.0397. The molecule has 0 aliphatic carbocycles. The van der Waals surface area contributed by atoms with Gasteiger partial charge < -0.3 is 10.1 Å². The number of nitrogens with one attached hydrogen (secondary N) is 1. The summed E-state index contributed by atoms with van der Waals surface area (Å²) >= 11 is 1.72. The maximum Gasteiger partial charge on any atom is 0.234 e. The molecule has 3 rings (SSSR count). The number of amides is 1. The van der Waals surface area contributed by atoms with Crippen LogP contribution >= 0.6 is 11.3 Å². The van der Waals surface area contributed by atoms with Gasteiger partial charge in [0.2, 0.25) is 5.91 Å². The quantitative estimate of drug-likeness (QED) is 0.914. The summed E-state index contributed by atoms with van der Waals surface area (Å²) in [5.41, 5.74) is 1.07. The van der Waals surface area contributed by atoms with Crippen molar-refractivity contribution in [3.8, 4) is 5.75 Å². The number of benzene rings is 1. The molecule has 5 heteroatoms. The normalized spacial score (nSPS) is 18.1.